The summed E-state index contributed by atoms with van der Waals surface area (Å²) in [5.74, 6) is 0. The molecule has 2 aromatic rings. The van der Waals surface area contributed by atoms with Crippen molar-refractivity contribution in [2.75, 3.05) is 0 Å². The number of aryl methyl sites for hydroxylation is 1. The minimum atomic E-state index is -0.376. The summed E-state index contributed by atoms with van der Waals surface area (Å²) in [6.07, 6.45) is 3.85. The molecule has 0 amide bonds. The van der Waals surface area contributed by atoms with Gasteiger partial charge in [-0.2, -0.15) is 0 Å². The van der Waals surface area contributed by atoms with Crippen molar-refractivity contribution in [3.05, 3.63) is 75.3 Å². The Balaban J connectivity index is 2.31. The maximum atomic E-state index is 10.7. The van der Waals surface area contributed by atoms with E-state index in [2.05, 4.69) is 0 Å². The lowest BCUT2D eigenvalue weighted by atomic mass is 10.1. The van der Waals surface area contributed by atoms with Gasteiger partial charge in [0.1, 0.15) is 0 Å². The summed E-state index contributed by atoms with van der Waals surface area (Å²) in [7, 11) is 0. The topological polar surface area (TPSA) is 43.1 Å². The summed E-state index contributed by atoms with van der Waals surface area (Å²) in [5, 5.41) is 10.7. The van der Waals surface area contributed by atoms with Crippen LogP contribution in [0.3, 0.4) is 0 Å². The molecule has 3 nitrogen and oxygen atoms in total. The van der Waals surface area contributed by atoms with E-state index in [1.807, 2.05) is 49.4 Å². The Morgan fingerprint density at radius 2 is 1.78 bits per heavy atom. The first kappa shape index (κ1) is 12.0. The lowest BCUT2D eigenvalue weighted by Gasteiger charge is -2.00. The summed E-state index contributed by atoms with van der Waals surface area (Å²) in [4.78, 5) is 10.3. The molecule has 0 saturated carbocycles. The van der Waals surface area contributed by atoms with Crippen molar-refractivity contribution in [1.29, 1.82) is 0 Å². The van der Waals surface area contributed by atoms with E-state index in [0.29, 0.717) is 0 Å². The van der Waals surface area contributed by atoms with Crippen molar-refractivity contribution in [3.63, 3.8) is 0 Å². The summed E-state index contributed by atoms with van der Waals surface area (Å²) in [6, 6.07) is 14.7. The van der Waals surface area contributed by atoms with Gasteiger partial charge >= 0.3 is 0 Å². The van der Waals surface area contributed by atoms with Crippen molar-refractivity contribution >= 4 is 17.8 Å². The lowest BCUT2D eigenvalue weighted by Crippen LogP contribution is -1.89. The van der Waals surface area contributed by atoms with E-state index in [1.165, 1.54) is 6.07 Å². The van der Waals surface area contributed by atoms with Crippen LogP contribution in [0.4, 0.5) is 5.69 Å². The molecule has 0 radical (unpaired) electrons. The molecule has 90 valence electrons. The van der Waals surface area contributed by atoms with E-state index in [1.54, 1.807) is 12.1 Å². The van der Waals surface area contributed by atoms with E-state index in [4.69, 9.17) is 0 Å². The summed E-state index contributed by atoms with van der Waals surface area (Å²) >= 11 is 0. The molecule has 0 atom stereocenters. The fraction of sp³-hybridized carbons (Fsp3) is 0.0667. The van der Waals surface area contributed by atoms with Crippen LogP contribution in [0.5, 0.6) is 0 Å². The first-order valence-electron chi connectivity index (χ1n) is 5.65. The maximum Gasteiger partial charge on any atom is 0.270 e. The van der Waals surface area contributed by atoms with Gasteiger partial charge in [0.2, 0.25) is 0 Å². The second-order valence-electron chi connectivity index (χ2n) is 4.04. The second-order valence-corrected chi connectivity index (χ2v) is 4.04. The molecule has 0 spiro atoms. The molecule has 0 heterocycles. The number of nitrogens with zero attached hydrogens (tertiary/aromatic N) is 1. The van der Waals surface area contributed by atoms with Crippen LogP contribution in [-0.4, -0.2) is 4.92 Å². The Morgan fingerprint density at radius 1 is 1.06 bits per heavy atom. The van der Waals surface area contributed by atoms with E-state index >= 15 is 0 Å². The molecule has 0 aliphatic heterocycles. The number of nitro groups is 1. The highest BCUT2D eigenvalue weighted by molar-refractivity contribution is 5.72. The zero-order valence-electron chi connectivity index (χ0n) is 10.0. The van der Waals surface area contributed by atoms with Crippen molar-refractivity contribution in [2.24, 2.45) is 0 Å². The molecule has 0 bridgehead atoms. The first-order valence-corrected chi connectivity index (χ1v) is 5.65. The van der Waals surface area contributed by atoms with Crippen molar-refractivity contribution in [3.8, 4) is 0 Å². The highest BCUT2D eigenvalue weighted by Gasteiger charge is 2.06. The summed E-state index contributed by atoms with van der Waals surface area (Å²) in [6.45, 7) is 1.94. The van der Waals surface area contributed by atoms with Gasteiger partial charge in [0.15, 0.2) is 0 Å². The summed E-state index contributed by atoms with van der Waals surface area (Å²) < 4.78 is 0. The molecule has 0 aromatic heterocycles. The van der Waals surface area contributed by atoms with E-state index in [9.17, 15) is 10.1 Å². The SMILES string of the molecule is Cc1ccc([N+](=O)[O-])cc1C=Cc1ccccc1. The molecule has 0 unspecified atom stereocenters. The number of rotatable bonds is 3. The average Bonchev–Trinajstić information content (AvgIpc) is 2.38. The highest BCUT2D eigenvalue weighted by atomic mass is 16.6. The second kappa shape index (κ2) is 5.27. The van der Waals surface area contributed by atoms with Crippen LogP contribution in [-0.2, 0) is 0 Å². The Kier molecular flexibility index (Phi) is 3.53. The van der Waals surface area contributed by atoms with Crippen molar-refractivity contribution in [2.45, 2.75) is 6.92 Å². The summed E-state index contributed by atoms with van der Waals surface area (Å²) in [5.41, 5.74) is 3.08. The van der Waals surface area contributed by atoms with Gasteiger partial charge in [-0.25, -0.2) is 0 Å². The van der Waals surface area contributed by atoms with Crippen molar-refractivity contribution in [1.82, 2.24) is 0 Å². The zero-order chi connectivity index (χ0) is 13.0. The third kappa shape index (κ3) is 2.83. The molecule has 18 heavy (non-hydrogen) atoms. The third-order valence-electron chi connectivity index (χ3n) is 2.73. The van der Waals surface area contributed by atoms with Crippen molar-refractivity contribution < 1.29 is 4.92 Å². The first-order chi connectivity index (χ1) is 8.66. The number of hydrogen-bond acceptors (Lipinski definition) is 2. The van der Waals surface area contributed by atoms with E-state index in [-0.39, 0.29) is 10.6 Å². The van der Waals surface area contributed by atoms with E-state index in [0.717, 1.165) is 16.7 Å². The van der Waals surface area contributed by atoms with Gasteiger partial charge in [-0.3, -0.25) is 10.1 Å². The maximum absolute atomic E-state index is 10.7. The Morgan fingerprint density at radius 3 is 2.44 bits per heavy atom. The van der Waals surface area contributed by atoms with Crippen LogP contribution in [0.1, 0.15) is 16.7 Å². The highest BCUT2D eigenvalue weighted by Crippen LogP contribution is 2.19. The van der Waals surface area contributed by atoms with Gasteiger partial charge in [0.05, 0.1) is 4.92 Å². The Labute approximate surface area is 106 Å². The fourth-order valence-corrected chi connectivity index (χ4v) is 1.67. The van der Waals surface area contributed by atoms with Crippen LogP contribution in [0.25, 0.3) is 12.2 Å². The van der Waals surface area contributed by atoms with Crippen LogP contribution in [0, 0.1) is 17.0 Å². The molecule has 0 fully saturated rings. The van der Waals surface area contributed by atoms with Crippen LogP contribution >= 0.6 is 0 Å². The van der Waals surface area contributed by atoms with Gasteiger partial charge in [-0.1, -0.05) is 48.6 Å². The number of nitro benzene ring substituents is 1. The molecule has 0 saturated heterocycles. The number of hydrogen-bond donors (Lipinski definition) is 0. The molecular formula is C15H13NO2. The molecule has 2 rings (SSSR count). The average molecular weight is 239 g/mol. The normalized spacial score (nSPS) is 10.7. The largest absolute Gasteiger partial charge is 0.270 e. The fourth-order valence-electron chi connectivity index (χ4n) is 1.67. The van der Waals surface area contributed by atoms with Gasteiger partial charge in [0.25, 0.3) is 5.69 Å². The minimum Gasteiger partial charge on any atom is -0.258 e. The molecule has 2 aromatic carbocycles. The molecule has 3 heteroatoms. The van der Waals surface area contributed by atoms with Crippen LogP contribution < -0.4 is 0 Å². The van der Waals surface area contributed by atoms with E-state index < -0.39 is 0 Å². The number of benzene rings is 2. The molecule has 0 aliphatic rings. The molecule has 0 aliphatic carbocycles. The monoisotopic (exact) mass is 239 g/mol. The van der Waals surface area contributed by atoms with Gasteiger partial charge < -0.3 is 0 Å². The predicted octanol–water partition coefficient (Wildman–Crippen LogP) is 4.07. The third-order valence-corrected chi connectivity index (χ3v) is 2.73. The smallest absolute Gasteiger partial charge is 0.258 e. The van der Waals surface area contributed by atoms with Gasteiger partial charge in [0, 0.05) is 12.1 Å². The predicted molar refractivity (Wildman–Crippen MR) is 73.2 cm³/mol. The van der Waals surface area contributed by atoms with Gasteiger partial charge in [-0.05, 0) is 23.6 Å². The standard InChI is InChI=1S/C15H13NO2/c1-12-7-10-15(16(17)18)11-14(12)9-8-13-5-3-2-4-6-13/h2-11H,1H3. The Bertz CT molecular complexity index is 589. The minimum absolute atomic E-state index is 0.119. The molecule has 0 N–H and O–H groups in total. The van der Waals surface area contributed by atoms with Gasteiger partial charge in [-0.15, -0.1) is 0 Å². The quantitative estimate of drug-likeness (QED) is 0.460. The number of non-ortho nitro benzene ring substituents is 1. The molecular weight excluding hydrogens is 226 g/mol. The Hall–Kier alpha value is -2.42. The lowest BCUT2D eigenvalue weighted by molar-refractivity contribution is -0.384. The van der Waals surface area contributed by atoms with Crippen LogP contribution in [0.15, 0.2) is 48.5 Å². The van der Waals surface area contributed by atoms with Crippen LogP contribution in [0.2, 0.25) is 0 Å². The zero-order valence-corrected chi connectivity index (χ0v) is 10.0.